The van der Waals surface area contributed by atoms with Crippen molar-refractivity contribution in [3.63, 3.8) is 0 Å². The molecule has 1 saturated carbocycles. The average Bonchev–Trinajstić information content (AvgIpc) is 2.61. The van der Waals surface area contributed by atoms with Gasteiger partial charge in [-0.3, -0.25) is 20.2 Å². The van der Waals surface area contributed by atoms with Gasteiger partial charge in [0.1, 0.15) is 0 Å². The van der Waals surface area contributed by atoms with Crippen LogP contribution in [-0.4, -0.2) is 20.1 Å². The second-order valence-electron chi connectivity index (χ2n) is 7.20. The molecular formula is C19H20N2O6. The van der Waals surface area contributed by atoms with Gasteiger partial charge in [-0.2, -0.15) is 0 Å². The quantitative estimate of drug-likeness (QED) is 0.604. The molecule has 0 bridgehead atoms. The fourth-order valence-corrected chi connectivity index (χ4v) is 4.18. The first-order valence-electron chi connectivity index (χ1n) is 8.70. The van der Waals surface area contributed by atoms with Crippen LogP contribution in [0.4, 0.5) is 11.4 Å². The fourth-order valence-electron chi connectivity index (χ4n) is 4.18. The minimum Gasteiger partial charge on any atom is -0.502 e. The molecule has 0 aromatic heterocycles. The number of nitro benzene ring substituents is 2. The lowest BCUT2D eigenvalue weighted by Crippen LogP contribution is -2.33. The highest BCUT2D eigenvalue weighted by Crippen LogP contribution is 2.49. The van der Waals surface area contributed by atoms with Crippen molar-refractivity contribution in [3.05, 3.63) is 67.8 Å². The van der Waals surface area contributed by atoms with Crippen LogP contribution in [0.5, 0.6) is 11.5 Å². The number of hydrogen-bond donors (Lipinski definition) is 2. The molecule has 3 rings (SSSR count). The van der Waals surface area contributed by atoms with Gasteiger partial charge in [0.2, 0.25) is 0 Å². The number of aromatic hydroxyl groups is 2. The lowest BCUT2D eigenvalue weighted by atomic mass is 9.62. The summed E-state index contributed by atoms with van der Waals surface area (Å²) in [6.45, 7) is 2.08. The molecule has 27 heavy (non-hydrogen) atoms. The van der Waals surface area contributed by atoms with Crippen LogP contribution in [0.2, 0.25) is 0 Å². The molecule has 0 heterocycles. The number of benzene rings is 2. The molecule has 0 saturated heterocycles. The first-order valence-corrected chi connectivity index (χ1v) is 8.70. The van der Waals surface area contributed by atoms with Gasteiger partial charge in [0, 0.05) is 17.5 Å². The van der Waals surface area contributed by atoms with Crippen LogP contribution in [0.3, 0.4) is 0 Å². The van der Waals surface area contributed by atoms with E-state index in [9.17, 15) is 30.4 Å². The Morgan fingerprint density at radius 2 is 1.44 bits per heavy atom. The number of hydrogen-bond acceptors (Lipinski definition) is 6. The Morgan fingerprint density at radius 1 is 0.963 bits per heavy atom. The van der Waals surface area contributed by atoms with Gasteiger partial charge < -0.3 is 10.2 Å². The second kappa shape index (κ2) is 6.86. The summed E-state index contributed by atoms with van der Waals surface area (Å²) >= 11 is 0. The molecule has 1 atom stereocenters. The number of phenolic OH excluding ortho intramolecular Hbond substituents is 2. The SMILES string of the molecule is CC1CCCC(c2ccc(O)c([N+](=O)[O-])c2)(c2ccc(O)c([N+](=O)[O-])c2)C1. The van der Waals surface area contributed by atoms with Crippen LogP contribution < -0.4 is 0 Å². The maximum absolute atomic E-state index is 11.3. The molecule has 0 aliphatic heterocycles. The Hall–Kier alpha value is -3.16. The van der Waals surface area contributed by atoms with Crippen molar-refractivity contribution in [1.82, 2.24) is 0 Å². The Morgan fingerprint density at radius 3 is 1.85 bits per heavy atom. The van der Waals surface area contributed by atoms with Gasteiger partial charge in [-0.05, 0) is 42.0 Å². The largest absolute Gasteiger partial charge is 0.502 e. The highest BCUT2D eigenvalue weighted by molar-refractivity contribution is 5.56. The Bertz CT molecular complexity index is 848. The van der Waals surface area contributed by atoms with E-state index in [1.54, 1.807) is 12.1 Å². The van der Waals surface area contributed by atoms with Crippen molar-refractivity contribution in [1.29, 1.82) is 0 Å². The van der Waals surface area contributed by atoms with E-state index in [1.165, 1.54) is 24.3 Å². The van der Waals surface area contributed by atoms with Crippen LogP contribution >= 0.6 is 0 Å². The Kier molecular flexibility index (Phi) is 4.73. The van der Waals surface area contributed by atoms with Crippen molar-refractivity contribution in [2.45, 2.75) is 38.0 Å². The number of nitrogens with zero attached hydrogens (tertiary/aromatic N) is 2. The average molecular weight is 372 g/mol. The van der Waals surface area contributed by atoms with Crippen LogP contribution in [0.15, 0.2) is 36.4 Å². The smallest absolute Gasteiger partial charge is 0.310 e. The van der Waals surface area contributed by atoms with E-state index in [0.717, 1.165) is 12.8 Å². The van der Waals surface area contributed by atoms with Crippen molar-refractivity contribution in [2.24, 2.45) is 5.92 Å². The predicted octanol–water partition coefficient (Wildman–Crippen LogP) is 4.41. The van der Waals surface area contributed by atoms with E-state index in [0.29, 0.717) is 29.9 Å². The minimum absolute atomic E-state index is 0.319. The molecule has 2 N–H and O–H groups in total. The van der Waals surface area contributed by atoms with E-state index in [1.807, 2.05) is 0 Å². The van der Waals surface area contributed by atoms with Gasteiger partial charge in [-0.1, -0.05) is 31.9 Å². The standard InChI is InChI=1S/C19H20N2O6/c1-12-3-2-8-19(11-12,13-4-6-17(22)15(9-13)20(24)25)14-5-7-18(23)16(10-14)21(26)27/h4-7,9-10,12,22-23H,2-3,8,11H2,1H3. The third-order valence-electron chi connectivity index (χ3n) is 5.45. The maximum Gasteiger partial charge on any atom is 0.310 e. The summed E-state index contributed by atoms with van der Waals surface area (Å²) in [5.41, 5.74) is -0.164. The van der Waals surface area contributed by atoms with E-state index >= 15 is 0 Å². The number of nitro groups is 2. The minimum atomic E-state index is -0.658. The Balaban J connectivity index is 2.23. The van der Waals surface area contributed by atoms with Gasteiger partial charge in [-0.15, -0.1) is 0 Å². The summed E-state index contributed by atoms with van der Waals surface area (Å²) < 4.78 is 0. The monoisotopic (exact) mass is 372 g/mol. The molecule has 1 unspecified atom stereocenters. The van der Waals surface area contributed by atoms with E-state index in [2.05, 4.69) is 6.92 Å². The molecule has 0 amide bonds. The van der Waals surface area contributed by atoms with Crippen molar-refractivity contribution in [2.75, 3.05) is 0 Å². The van der Waals surface area contributed by atoms with Gasteiger partial charge >= 0.3 is 11.4 Å². The zero-order valence-corrected chi connectivity index (χ0v) is 14.8. The molecule has 0 spiro atoms. The van der Waals surface area contributed by atoms with E-state index in [4.69, 9.17) is 0 Å². The first kappa shape index (κ1) is 18.6. The molecular weight excluding hydrogens is 352 g/mol. The second-order valence-corrected chi connectivity index (χ2v) is 7.20. The summed E-state index contributed by atoms with van der Waals surface area (Å²) in [5.74, 6) is -0.515. The maximum atomic E-state index is 11.3. The molecule has 2 aromatic carbocycles. The number of rotatable bonds is 4. The summed E-state index contributed by atoms with van der Waals surface area (Å²) in [6, 6.07) is 8.57. The topological polar surface area (TPSA) is 127 Å². The fraction of sp³-hybridized carbons (Fsp3) is 0.368. The third-order valence-corrected chi connectivity index (χ3v) is 5.45. The highest BCUT2D eigenvalue weighted by atomic mass is 16.6. The summed E-state index contributed by atoms with van der Waals surface area (Å²) in [4.78, 5) is 21.3. The number of phenols is 2. The van der Waals surface area contributed by atoms with Gasteiger partial charge in [-0.25, -0.2) is 0 Å². The molecule has 1 aliphatic rings. The molecule has 2 aromatic rings. The molecule has 142 valence electrons. The normalized spacial score (nSPS) is 18.8. The molecule has 8 heteroatoms. The first-order chi connectivity index (χ1) is 12.7. The van der Waals surface area contributed by atoms with Gasteiger partial charge in [0.25, 0.3) is 0 Å². The predicted molar refractivity (Wildman–Crippen MR) is 97.9 cm³/mol. The summed E-state index contributed by atoms with van der Waals surface area (Å²) in [6.07, 6.45) is 3.20. The van der Waals surface area contributed by atoms with Crippen LogP contribution in [0, 0.1) is 26.1 Å². The molecule has 8 nitrogen and oxygen atoms in total. The van der Waals surface area contributed by atoms with Gasteiger partial charge in [0.15, 0.2) is 11.5 Å². The van der Waals surface area contributed by atoms with Gasteiger partial charge in [0.05, 0.1) is 9.85 Å². The van der Waals surface area contributed by atoms with Crippen LogP contribution in [0.25, 0.3) is 0 Å². The van der Waals surface area contributed by atoms with E-state index < -0.39 is 38.1 Å². The zero-order valence-electron chi connectivity index (χ0n) is 14.8. The van der Waals surface area contributed by atoms with Crippen molar-refractivity contribution >= 4 is 11.4 Å². The van der Waals surface area contributed by atoms with Crippen LogP contribution in [-0.2, 0) is 5.41 Å². The molecule has 0 radical (unpaired) electrons. The zero-order chi connectivity index (χ0) is 19.8. The van der Waals surface area contributed by atoms with Crippen molar-refractivity contribution < 1.29 is 20.1 Å². The van der Waals surface area contributed by atoms with E-state index in [-0.39, 0.29) is 0 Å². The summed E-state index contributed by atoms with van der Waals surface area (Å²) in [7, 11) is 0. The molecule has 1 fully saturated rings. The lowest BCUT2D eigenvalue weighted by Gasteiger charge is -2.41. The molecule has 1 aliphatic carbocycles. The Labute approximate surface area is 155 Å². The summed E-state index contributed by atoms with van der Waals surface area (Å²) in [5, 5.41) is 42.1. The third kappa shape index (κ3) is 3.30. The van der Waals surface area contributed by atoms with Crippen molar-refractivity contribution in [3.8, 4) is 11.5 Å². The highest BCUT2D eigenvalue weighted by Gasteiger charge is 2.40. The van der Waals surface area contributed by atoms with Crippen LogP contribution in [0.1, 0.15) is 43.7 Å². The lowest BCUT2D eigenvalue weighted by molar-refractivity contribution is -0.386.